The van der Waals surface area contributed by atoms with Gasteiger partial charge in [-0.1, -0.05) is 24.3 Å². The number of hydrogen-bond donors (Lipinski definition) is 0. The molecule has 2 aromatic rings. The van der Waals surface area contributed by atoms with E-state index in [1.807, 2.05) is 74.8 Å². The normalized spacial score (nSPS) is 11.7. The quantitative estimate of drug-likeness (QED) is 0.0776. The largest absolute Gasteiger partial charge is 0.461 e. The molecule has 44 heavy (non-hydrogen) atoms. The van der Waals surface area contributed by atoms with Crippen LogP contribution in [0.3, 0.4) is 0 Å². The average Bonchev–Trinajstić information content (AvgIpc) is 3.03. The zero-order valence-electron chi connectivity index (χ0n) is 27.0. The zero-order chi connectivity index (χ0) is 32.5. The molecule has 2 rings (SSSR count). The molecule has 0 N–H and O–H groups in total. The van der Waals surface area contributed by atoms with E-state index >= 15 is 0 Å². The molecule has 0 unspecified atom stereocenters. The van der Waals surface area contributed by atoms with Crippen LogP contribution in [0.15, 0.2) is 59.7 Å². The van der Waals surface area contributed by atoms with Gasteiger partial charge in [0.1, 0.15) is 36.4 Å². The number of ether oxygens (including phenoxy) is 2. The number of benzene rings is 2. The van der Waals surface area contributed by atoms with Gasteiger partial charge >= 0.3 is 11.9 Å². The van der Waals surface area contributed by atoms with Gasteiger partial charge in [0, 0.05) is 44.0 Å². The Hall–Kier alpha value is -4.60. The van der Waals surface area contributed by atoms with Gasteiger partial charge in [-0.15, -0.1) is 0 Å². The number of carbonyl (C=O) groups is 2. The van der Waals surface area contributed by atoms with Gasteiger partial charge in [0.05, 0.1) is 27.2 Å². The molecule has 0 atom stereocenters. The summed E-state index contributed by atoms with van der Waals surface area (Å²) in [5.41, 5.74) is 3.57. The van der Waals surface area contributed by atoms with E-state index in [4.69, 9.17) is 9.47 Å². The van der Waals surface area contributed by atoms with E-state index in [0.29, 0.717) is 24.0 Å². The Morgan fingerprint density at radius 2 is 1.07 bits per heavy atom. The van der Waals surface area contributed by atoms with Crippen molar-refractivity contribution in [1.29, 1.82) is 10.5 Å². The van der Waals surface area contributed by atoms with Crippen molar-refractivity contribution in [2.45, 2.75) is 34.1 Å². The summed E-state index contributed by atoms with van der Waals surface area (Å²) < 4.78 is 11.3. The maximum absolute atomic E-state index is 12.5. The van der Waals surface area contributed by atoms with Crippen molar-refractivity contribution in [3.05, 3.63) is 70.8 Å². The predicted octanol–water partition coefficient (Wildman–Crippen LogP) is 5.45. The molecule has 0 aliphatic rings. The summed E-state index contributed by atoms with van der Waals surface area (Å²) >= 11 is 0. The second kappa shape index (κ2) is 18.1. The maximum Gasteiger partial charge on any atom is 0.349 e. The Morgan fingerprint density at radius 1 is 0.682 bits per heavy atom. The first kappa shape index (κ1) is 35.6. The summed E-state index contributed by atoms with van der Waals surface area (Å²) in [4.78, 5) is 29.5. The Bertz CT molecular complexity index is 1360. The van der Waals surface area contributed by atoms with Crippen LogP contribution in [-0.4, -0.2) is 83.0 Å². The van der Waals surface area contributed by atoms with E-state index in [9.17, 15) is 20.1 Å². The van der Waals surface area contributed by atoms with Crippen molar-refractivity contribution >= 4 is 35.5 Å². The van der Waals surface area contributed by atoms with E-state index in [2.05, 4.69) is 37.5 Å². The van der Waals surface area contributed by atoms with Crippen molar-refractivity contribution in [2.75, 3.05) is 76.4 Å². The van der Waals surface area contributed by atoms with Crippen LogP contribution in [0.1, 0.15) is 45.2 Å². The average molecular weight is 601 g/mol. The Labute approximate surface area is 262 Å². The number of rotatable bonds is 17. The Kier molecular flexibility index (Phi) is 14.7. The zero-order valence-corrected chi connectivity index (χ0v) is 27.0. The molecule has 9 heteroatoms. The number of hydrogen-bond acceptors (Lipinski definition) is 8. The Balaban J connectivity index is 1.81. The van der Waals surface area contributed by atoms with Crippen molar-refractivity contribution in [3.63, 3.8) is 0 Å². The summed E-state index contributed by atoms with van der Waals surface area (Å²) in [5, 5.41) is 19.0. The lowest BCUT2D eigenvalue weighted by atomic mass is 10.1. The number of esters is 2. The van der Waals surface area contributed by atoms with E-state index < -0.39 is 11.9 Å². The number of nitrogens with zero attached hydrogens (tertiary/aromatic N) is 5. The topological polar surface area (TPSA) is 107 Å². The standard InChI is InChI=1S/C35H46N5O4/c1-7-38(8-2)32-16-12-28(13-17-32)24-30(26-36)34(41)43-22-11-20-40(5,6)21-23-44-35(42)31(27-37)25-29-14-18-33(19-15-29)39(9-3)10-4/h12-19,24-25H,7-11,20-23H2,1-6H3/q+1/b30-24+,31-25+. The molecule has 0 spiro atoms. The molecule has 0 saturated carbocycles. The smallest absolute Gasteiger partial charge is 0.349 e. The van der Waals surface area contributed by atoms with Crippen LogP contribution in [-0.2, 0) is 19.1 Å². The van der Waals surface area contributed by atoms with Gasteiger partial charge in [0.25, 0.3) is 0 Å². The highest BCUT2D eigenvalue weighted by Crippen LogP contribution is 2.18. The molecule has 0 aromatic heterocycles. The minimum absolute atomic E-state index is 0.0533. The van der Waals surface area contributed by atoms with Crippen molar-refractivity contribution < 1.29 is 23.5 Å². The second-order valence-electron chi connectivity index (χ2n) is 10.9. The first-order valence-corrected chi connectivity index (χ1v) is 15.2. The lowest BCUT2D eigenvalue weighted by molar-refractivity contribution is -0.890. The van der Waals surface area contributed by atoms with Crippen LogP contribution in [0.4, 0.5) is 11.4 Å². The molecule has 9 nitrogen and oxygen atoms in total. The molecule has 2 aromatic carbocycles. The fourth-order valence-corrected chi connectivity index (χ4v) is 4.66. The predicted molar refractivity (Wildman–Crippen MR) is 176 cm³/mol. The number of anilines is 2. The molecular weight excluding hydrogens is 554 g/mol. The molecule has 0 radical (unpaired) electrons. The van der Waals surface area contributed by atoms with Gasteiger partial charge in [-0.05, 0) is 75.2 Å². The number of carbonyl (C=O) groups excluding carboxylic acids is 2. The summed E-state index contributed by atoms with van der Waals surface area (Å²) in [5.74, 6) is -1.31. The maximum atomic E-state index is 12.5. The minimum atomic E-state index is -0.659. The van der Waals surface area contributed by atoms with Gasteiger partial charge in [-0.2, -0.15) is 10.5 Å². The highest BCUT2D eigenvalue weighted by atomic mass is 16.5. The van der Waals surface area contributed by atoms with Gasteiger partial charge in [0.15, 0.2) is 0 Å². The molecule has 0 fully saturated rings. The van der Waals surface area contributed by atoms with Crippen LogP contribution in [0.25, 0.3) is 12.2 Å². The summed E-state index contributed by atoms with van der Waals surface area (Å²) in [6.07, 6.45) is 3.64. The fraction of sp³-hybridized carbons (Fsp3) is 0.429. The highest BCUT2D eigenvalue weighted by molar-refractivity contribution is 5.98. The van der Waals surface area contributed by atoms with Gasteiger partial charge < -0.3 is 23.8 Å². The van der Waals surface area contributed by atoms with Gasteiger partial charge in [-0.25, -0.2) is 9.59 Å². The third-order valence-electron chi connectivity index (χ3n) is 7.42. The van der Waals surface area contributed by atoms with Gasteiger partial charge in [0.2, 0.25) is 0 Å². The molecular formula is C35H46N5O4+. The molecule has 0 aliphatic heterocycles. The SMILES string of the molecule is CCN(CC)c1ccc(/C=C(\C#N)C(=O)OCCC[N+](C)(C)CCOC(=O)/C(C#N)=C/c2ccc(N(CC)CC)cc2)cc1. The summed E-state index contributed by atoms with van der Waals surface area (Å²) in [6.45, 7) is 13.4. The Morgan fingerprint density at radius 3 is 1.43 bits per heavy atom. The molecule has 0 aliphatic carbocycles. The molecule has 0 amide bonds. The lowest BCUT2D eigenvalue weighted by Gasteiger charge is -2.29. The molecule has 0 heterocycles. The second-order valence-corrected chi connectivity index (χ2v) is 10.9. The first-order chi connectivity index (χ1) is 21.1. The minimum Gasteiger partial charge on any atom is -0.461 e. The van der Waals surface area contributed by atoms with Gasteiger partial charge in [-0.3, -0.25) is 0 Å². The fourth-order valence-electron chi connectivity index (χ4n) is 4.66. The van der Waals surface area contributed by atoms with E-state index in [1.165, 1.54) is 12.2 Å². The van der Waals surface area contributed by atoms with Crippen molar-refractivity contribution in [2.24, 2.45) is 0 Å². The monoisotopic (exact) mass is 600 g/mol. The third-order valence-corrected chi connectivity index (χ3v) is 7.42. The summed E-state index contributed by atoms with van der Waals surface area (Å²) in [7, 11) is 3.97. The van der Waals surface area contributed by atoms with Crippen molar-refractivity contribution in [1.82, 2.24) is 0 Å². The first-order valence-electron chi connectivity index (χ1n) is 15.2. The van der Waals surface area contributed by atoms with Crippen molar-refractivity contribution in [3.8, 4) is 12.1 Å². The van der Waals surface area contributed by atoms with Crippen LogP contribution >= 0.6 is 0 Å². The van der Waals surface area contributed by atoms with E-state index in [-0.39, 0.29) is 24.4 Å². The summed E-state index contributed by atoms with van der Waals surface area (Å²) in [6, 6.07) is 19.3. The number of quaternary nitrogens is 1. The molecule has 0 bridgehead atoms. The lowest BCUT2D eigenvalue weighted by Crippen LogP contribution is -2.43. The number of nitriles is 2. The third kappa shape index (κ3) is 11.2. The molecule has 234 valence electrons. The van der Waals surface area contributed by atoms with Crippen LogP contribution < -0.4 is 9.80 Å². The van der Waals surface area contributed by atoms with Crippen LogP contribution in [0.5, 0.6) is 0 Å². The van der Waals surface area contributed by atoms with E-state index in [0.717, 1.165) is 48.7 Å². The van der Waals surface area contributed by atoms with Crippen LogP contribution in [0.2, 0.25) is 0 Å². The number of likely N-dealkylation sites (N-methyl/N-ethyl adjacent to an activating group) is 1. The van der Waals surface area contributed by atoms with E-state index in [1.54, 1.807) is 0 Å². The van der Waals surface area contributed by atoms with Crippen LogP contribution in [0, 0.1) is 22.7 Å². The molecule has 0 saturated heterocycles. The highest BCUT2D eigenvalue weighted by Gasteiger charge is 2.19.